The SMILES string of the molecule is CC(C)(C)[Si](C)(C)OCc1ccc(C#C[Si](C)(C)C)nc1. The molecule has 0 saturated carbocycles. The van der Waals surface area contributed by atoms with Crippen LogP contribution in [0.5, 0.6) is 0 Å². The zero-order valence-corrected chi connectivity index (χ0v) is 16.8. The quantitative estimate of drug-likeness (QED) is 0.588. The number of hydrogen-bond acceptors (Lipinski definition) is 2. The van der Waals surface area contributed by atoms with E-state index < -0.39 is 16.4 Å². The molecule has 0 aliphatic heterocycles. The summed E-state index contributed by atoms with van der Waals surface area (Å²) in [7, 11) is -3.03. The normalized spacial score (nSPS) is 12.8. The van der Waals surface area contributed by atoms with Crippen molar-refractivity contribution >= 4 is 16.4 Å². The Morgan fingerprint density at radius 1 is 1.10 bits per heavy atom. The third kappa shape index (κ3) is 6.17. The Kier molecular flexibility index (Phi) is 5.59. The molecule has 0 aliphatic rings. The van der Waals surface area contributed by atoms with Crippen molar-refractivity contribution in [2.24, 2.45) is 0 Å². The van der Waals surface area contributed by atoms with Crippen molar-refractivity contribution < 1.29 is 4.43 Å². The number of rotatable bonds is 3. The van der Waals surface area contributed by atoms with E-state index in [1.807, 2.05) is 12.3 Å². The Morgan fingerprint density at radius 2 is 1.71 bits per heavy atom. The first-order valence-corrected chi connectivity index (χ1v) is 13.9. The second-order valence-electron chi connectivity index (χ2n) is 8.10. The molecule has 0 amide bonds. The first kappa shape index (κ1) is 18.2. The van der Waals surface area contributed by atoms with Crippen LogP contribution >= 0.6 is 0 Å². The topological polar surface area (TPSA) is 22.1 Å². The van der Waals surface area contributed by atoms with Crippen molar-refractivity contribution in [3.05, 3.63) is 29.6 Å². The van der Waals surface area contributed by atoms with Crippen LogP contribution in [0.2, 0.25) is 37.8 Å². The summed E-state index contributed by atoms with van der Waals surface area (Å²) in [6, 6.07) is 4.08. The lowest BCUT2D eigenvalue weighted by atomic mass is 10.2. The summed E-state index contributed by atoms with van der Waals surface area (Å²) in [5.74, 6) is 3.18. The Hall–Kier alpha value is -0.896. The molecule has 116 valence electrons. The second kappa shape index (κ2) is 6.47. The van der Waals surface area contributed by atoms with Crippen molar-refractivity contribution in [2.75, 3.05) is 0 Å². The van der Waals surface area contributed by atoms with Crippen molar-refractivity contribution in [2.45, 2.75) is 65.2 Å². The van der Waals surface area contributed by atoms with E-state index in [0.717, 1.165) is 11.3 Å². The van der Waals surface area contributed by atoms with E-state index in [9.17, 15) is 0 Å². The monoisotopic (exact) mass is 319 g/mol. The van der Waals surface area contributed by atoms with Gasteiger partial charge in [-0.15, -0.1) is 5.54 Å². The van der Waals surface area contributed by atoms with Gasteiger partial charge in [-0.05, 0) is 29.8 Å². The van der Waals surface area contributed by atoms with Crippen LogP contribution in [-0.2, 0) is 11.0 Å². The van der Waals surface area contributed by atoms with Gasteiger partial charge in [0.2, 0.25) is 0 Å². The largest absolute Gasteiger partial charge is 0.413 e. The highest BCUT2D eigenvalue weighted by Crippen LogP contribution is 2.36. The van der Waals surface area contributed by atoms with Gasteiger partial charge in [0, 0.05) is 6.20 Å². The summed E-state index contributed by atoms with van der Waals surface area (Å²) in [5, 5.41) is 0.239. The molecule has 1 aromatic rings. The first-order valence-electron chi connectivity index (χ1n) is 7.53. The summed E-state index contributed by atoms with van der Waals surface area (Å²) < 4.78 is 6.20. The predicted octanol–water partition coefficient (Wildman–Crippen LogP) is 4.83. The van der Waals surface area contributed by atoms with E-state index in [1.165, 1.54) is 0 Å². The smallest absolute Gasteiger partial charge is 0.192 e. The minimum absolute atomic E-state index is 0.239. The van der Waals surface area contributed by atoms with Crippen molar-refractivity contribution in [3.63, 3.8) is 0 Å². The Morgan fingerprint density at radius 3 is 2.14 bits per heavy atom. The maximum Gasteiger partial charge on any atom is 0.192 e. The van der Waals surface area contributed by atoms with Gasteiger partial charge < -0.3 is 4.43 Å². The fraction of sp³-hybridized carbons (Fsp3) is 0.588. The lowest BCUT2D eigenvalue weighted by Crippen LogP contribution is -2.40. The Bertz CT molecular complexity index is 525. The summed E-state index contributed by atoms with van der Waals surface area (Å²) in [4.78, 5) is 4.43. The number of pyridine rings is 1. The second-order valence-corrected chi connectivity index (χ2v) is 17.7. The van der Waals surface area contributed by atoms with Gasteiger partial charge in [0.15, 0.2) is 8.32 Å². The molecule has 1 rings (SSSR count). The van der Waals surface area contributed by atoms with Gasteiger partial charge in [0.05, 0.1) is 6.61 Å². The van der Waals surface area contributed by atoms with Crippen LogP contribution in [0.1, 0.15) is 32.0 Å². The molecule has 0 radical (unpaired) electrons. The number of nitrogens with zero attached hydrogens (tertiary/aromatic N) is 1. The van der Waals surface area contributed by atoms with Crippen LogP contribution in [-0.4, -0.2) is 21.4 Å². The molecule has 1 heterocycles. The average Bonchev–Trinajstić information content (AvgIpc) is 2.33. The molecule has 4 heteroatoms. The molecule has 0 saturated heterocycles. The lowest BCUT2D eigenvalue weighted by Gasteiger charge is -2.36. The molecule has 0 atom stereocenters. The highest BCUT2D eigenvalue weighted by atomic mass is 28.4. The van der Waals surface area contributed by atoms with Crippen LogP contribution in [0, 0.1) is 11.5 Å². The fourth-order valence-electron chi connectivity index (χ4n) is 1.32. The maximum absolute atomic E-state index is 6.20. The fourth-order valence-corrected chi connectivity index (χ4v) is 2.78. The van der Waals surface area contributed by atoms with Crippen molar-refractivity contribution in [1.82, 2.24) is 4.98 Å². The van der Waals surface area contributed by atoms with Gasteiger partial charge in [0.1, 0.15) is 13.8 Å². The standard InChI is InChI=1S/C17H29NOSi2/c1-17(2,3)21(7,8)19-14-15-9-10-16(18-13-15)11-12-20(4,5)6/h9-10,13H,14H2,1-8H3. The first-order chi connectivity index (χ1) is 9.41. The molecular formula is C17H29NOSi2. The highest BCUT2D eigenvalue weighted by molar-refractivity contribution is 6.83. The summed E-state index contributed by atoms with van der Waals surface area (Å²) in [6.45, 7) is 18.7. The zero-order chi connectivity index (χ0) is 16.3. The van der Waals surface area contributed by atoms with E-state index in [-0.39, 0.29) is 5.04 Å². The molecule has 2 nitrogen and oxygen atoms in total. The van der Waals surface area contributed by atoms with Gasteiger partial charge in [-0.25, -0.2) is 4.98 Å². The summed E-state index contributed by atoms with van der Waals surface area (Å²) >= 11 is 0. The van der Waals surface area contributed by atoms with Crippen molar-refractivity contribution in [3.8, 4) is 11.5 Å². The Labute approximate surface area is 132 Å². The molecule has 0 aliphatic carbocycles. The highest BCUT2D eigenvalue weighted by Gasteiger charge is 2.36. The molecule has 0 aromatic carbocycles. The van der Waals surface area contributed by atoms with E-state index in [2.05, 4.69) is 76.0 Å². The third-order valence-corrected chi connectivity index (χ3v) is 9.15. The van der Waals surface area contributed by atoms with E-state index in [0.29, 0.717) is 6.61 Å². The maximum atomic E-state index is 6.20. The minimum Gasteiger partial charge on any atom is -0.413 e. The van der Waals surface area contributed by atoms with Gasteiger partial charge in [-0.1, -0.05) is 52.4 Å². The molecule has 0 N–H and O–H groups in total. The molecular weight excluding hydrogens is 290 g/mol. The van der Waals surface area contributed by atoms with E-state index in [4.69, 9.17) is 4.43 Å². The van der Waals surface area contributed by atoms with Crippen molar-refractivity contribution in [1.29, 1.82) is 0 Å². The molecule has 0 fully saturated rings. The molecule has 0 unspecified atom stereocenters. The van der Waals surface area contributed by atoms with E-state index >= 15 is 0 Å². The van der Waals surface area contributed by atoms with Crippen LogP contribution in [0.4, 0.5) is 0 Å². The van der Waals surface area contributed by atoms with Gasteiger partial charge in [-0.3, -0.25) is 0 Å². The predicted molar refractivity (Wildman–Crippen MR) is 96.4 cm³/mol. The average molecular weight is 320 g/mol. The minimum atomic E-state index is -1.69. The molecule has 0 bridgehead atoms. The van der Waals surface area contributed by atoms with Gasteiger partial charge >= 0.3 is 0 Å². The van der Waals surface area contributed by atoms with Gasteiger partial charge in [0.25, 0.3) is 0 Å². The molecule has 1 aromatic heterocycles. The summed E-state index contributed by atoms with van der Waals surface area (Å²) in [5.41, 5.74) is 5.31. The molecule has 21 heavy (non-hydrogen) atoms. The molecule has 0 spiro atoms. The zero-order valence-electron chi connectivity index (χ0n) is 14.8. The van der Waals surface area contributed by atoms with Gasteiger partial charge in [-0.2, -0.15) is 0 Å². The van der Waals surface area contributed by atoms with Crippen LogP contribution in [0.25, 0.3) is 0 Å². The number of aromatic nitrogens is 1. The van der Waals surface area contributed by atoms with E-state index in [1.54, 1.807) is 0 Å². The third-order valence-electron chi connectivity index (χ3n) is 3.80. The van der Waals surface area contributed by atoms with Crippen LogP contribution < -0.4 is 0 Å². The number of hydrogen-bond donors (Lipinski definition) is 0. The van der Waals surface area contributed by atoms with Crippen LogP contribution in [0.15, 0.2) is 18.3 Å². The Balaban J connectivity index is 2.70. The lowest BCUT2D eigenvalue weighted by molar-refractivity contribution is 0.276. The summed E-state index contributed by atoms with van der Waals surface area (Å²) in [6.07, 6.45) is 1.89. The van der Waals surface area contributed by atoms with Crippen LogP contribution in [0.3, 0.4) is 0 Å².